The quantitative estimate of drug-likeness (QED) is 0.482. The second-order valence-electron chi connectivity index (χ2n) is 5.81. The van der Waals surface area contributed by atoms with Crippen molar-refractivity contribution in [2.75, 3.05) is 19.8 Å². The number of benzene rings is 1. The maximum atomic E-state index is 12.9. The van der Waals surface area contributed by atoms with Crippen LogP contribution in [-0.4, -0.2) is 35.3 Å². The van der Waals surface area contributed by atoms with E-state index in [-0.39, 0.29) is 18.7 Å². The summed E-state index contributed by atoms with van der Waals surface area (Å²) < 4.78 is 11.8. The van der Waals surface area contributed by atoms with E-state index in [2.05, 4.69) is 4.98 Å². The van der Waals surface area contributed by atoms with E-state index in [0.29, 0.717) is 31.0 Å². The largest absolute Gasteiger partial charge is 0.465 e. The Labute approximate surface area is 153 Å². The minimum Gasteiger partial charge on any atom is -0.465 e. The first-order valence-corrected chi connectivity index (χ1v) is 9.04. The van der Waals surface area contributed by atoms with Crippen molar-refractivity contribution in [1.29, 1.82) is 0 Å². The standard InChI is InChI=1S/C20H26N2O4/c1-3-25-13-9-8-12-17-20(24)22(15-19(23)26-4-2)18(14-21-17)16-10-6-5-7-11-16/h5-7,10-11,14H,3-4,8-9,12-13,15H2,1-2H3. The van der Waals surface area contributed by atoms with Crippen LogP contribution in [0, 0.1) is 0 Å². The average molecular weight is 358 g/mol. The molecule has 26 heavy (non-hydrogen) atoms. The molecule has 0 N–H and O–H groups in total. The molecule has 0 fully saturated rings. The molecule has 0 saturated heterocycles. The molecular formula is C20H26N2O4. The fourth-order valence-electron chi connectivity index (χ4n) is 2.67. The minimum atomic E-state index is -0.430. The zero-order valence-electron chi connectivity index (χ0n) is 15.4. The molecule has 0 aliphatic heterocycles. The van der Waals surface area contributed by atoms with Gasteiger partial charge in [0.05, 0.1) is 18.5 Å². The Morgan fingerprint density at radius 1 is 1.12 bits per heavy atom. The van der Waals surface area contributed by atoms with Crippen LogP contribution in [0.2, 0.25) is 0 Å². The number of rotatable bonds is 10. The van der Waals surface area contributed by atoms with Gasteiger partial charge in [-0.15, -0.1) is 0 Å². The van der Waals surface area contributed by atoms with Crippen molar-refractivity contribution in [3.8, 4) is 11.3 Å². The molecule has 2 aromatic rings. The van der Waals surface area contributed by atoms with Crippen molar-refractivity contribution in [1.82, 2.24) is 9.55 Å². The maximum absolute atomic E-state index is 12.9. The van der Waals surface area contributed by atoms with Crippen LogP contribution in [-0.2, 0) is 27.2 Å². The van der Waals surface area contributed by atoms with E-state index in [0.717, 1.165) is 18.4 Å². The number of esters is 1. The molecule has 1 heterocycles. The summed E-state index contributed by atoms with van der Waals surface area (Å²) >= 11 is 0. The first-order chi connectivity index (χ1) is 12.7. The fraction of sp³-hybridized carbons (Fsp3) is 0.450. The number of carbonyl (C=O) groups is 1. The summed E-state index contributed by atoms with van der Waals surface area (Å²) in [6, 6.07) is 9.45. The molecule has 6 nitrogen and oxygen atoms in total. The number of aryl methyl sites for hydroxylation is 1. The SMILES string of the molecule is CCOCCCCc1ncc(-c2ccccc2)n(CC(=O)OCC)c1=O. The molecule has 140 valence electrons. The van der Waals surface area contributed by atoms with E-state index in [4.69, 9.17) is 9.47 Å². The predicted octanol–water partition coefficient (Wildman–Crippen LogP) is 2.83. The highest BCUT2D eigenvalue weighted by Crippen LogP contribution is 2.17. The van der Waals surface area contributed by atoms with Crippen LogP contribution in [0.3, 0.4) is 0 Å². The van der Waals surface area contributed by atoms with Crippen LogP contribution in [0.5, 0.6) is 0 Å². The fourth-order valence-corrected chi connectivity index (χ4v) is 2.67. The van der Waals surface area contributed by atoms with Crippen LogP contribution < -0.4 is 5.56 Å². The topological polar surface area (TPSA) is 70.4 Å². The third-order valence-electron chi connectivity index (χ3n) is 3.94. The molecule has 0 aliphatic rings. The minimum absolute atomic E-state index is 0.120. The highest BCUT2D eigenvalue weighted by atomic mass is 16.5. The zero-order chi connectivity index (χ0) is 18.8. The monoisotopic (exact) mass is 358 g/mol. The third-order valence-corrected chi connectivity index (χ3v) is 3.94. The van der Waals surface area contributed by atoms with Gasteiger partial charge < -0.3 is 9.47 Å². The Morgan fingerprint density at radius 2 is 1.88 bits per heavy atom. The van der Waals surface area contributed by atoms with Crippen molar-refractivity contribution in [3.63, 3.8) is 0 Å². The third kappa shape index (κ3) is 5.52. The Bertz CT molecular complexity index is 756. The van der Waals surface area contributed by atoms with E-state index >= 15 is 0 Å². The average Bonchev–Trinajstić information content (AvgIpc) is 2.65. The predicted molar refractivity (Wildman–Crippen MR) is 100.0 cm³/mol. The Kier molecular flexibility index (Phi) is 8.02. The van der Waals surface area contributed by atoms with Gasteiger partial charge >= 0.3 is 5.97 Å². The lowest BCUT2D eigenvalue weighted by molar-refractivity contribution is -0.143. The van der Waals surface area contributed by atoms with Crippen LogP contribution in [0.1, 0.15) is 32.4 Å². The molecule has 0 amide bonds. The Hall–Kier alpha value is -2.47. The molecule has 2 rings (SSSR count). The van der Waals surface area contributed by atoms with Crippen LogP contribution in [0.4, 0.5) is 0 Å². The van der Waals surface area contributed by atoms with Crippen LogP contribution in [0.15, 0.2) is 41.3 Å². The van der Waals surface area contributed by atoms with Crippen molar-refractivity contribution in [2.45, 2.75) is 39.7 Å². The molecule has 0 spiro atoms. The van der Waals surface area contributed by atoms with Gasteiger partial charge in [0, 0.05) is 13.2 Å². The lowest BCUT2D eigenvalue weighted by Crippen LogP contribution is -2.30. The Balaban J connectivity index is 2.27. The van der Waals surface area contributed by atoms with Crippen LogP contribution in [0.25, 0.3) is 11.3 Å². The highest BCUT2D eigenvalue weighted by molar-refractivity contribution is 5.70. The molecule has 1 aromatic carbocycles. The van der Waals surface area contributed by atoms with Crippen molar-refractivity contribution in [2.24, 2.45) is 0 Å². The molecule has 0 atom stereocenters. The van der Waals surface area contributed by atoms with Gasteiger partial charge in [0.2, 0.25) is 0 Å². The first-order valence-electron chi connectivity index (χ1n) is 9.04. The molecule has 0 unspecified atom stereocenters. The summed E-state index contributed by atoms with van der Waals surface area (Å²) in [6.45, 7) is 5.23. The molecule has 6 heteroatoms. The number of hydrogen-bond acceptors (Lipinski definition) is 5. The van der Waals surface area contributed by atoms with E-state index in [9.17, 15) is 9.59 Å². The summed E-state index contributed by atoms with van der Waals surface area (Å²) in [4.78, 5) is 29.2. The molecular weight excluding hydrogens is 332 g/mol. The Morgan fingerprint density at radius 3 is 2.58 bits per heavy atom. The number of unbranched alkanes of at least 4 members (excludes halogenated alkanes) is 1. The van der Waals surface area contributed by atoms with Gasteiger partial charge in [-0.3, -0.25) is 19.1 Å². The number of carbonyl (C=O) groups excluding carboxylic acids is 1. The van der Waals surface area contributed by atoms with Gasteiger partial charge in [-0.2, -0.15) is 0 Å². The zero-order valence-corrected chi connectivity index (χ0v) is 15.4. The molecule has 0 aliphatic carbocycles. The van der Waals surface area contributed by atoms with Gasteiger partial charge in [-0.05, 0) is 38.7 Å². The van der Waals surface area contributed by atoms with Gasteiger partial charge in [-0.1, -0.05) is 30.3 Å². The van der Waals surface area contributed by atoms with Gasteiger partial charge in [-0.25, -0.2) is 0 Å². The molecule has 0 radical (unpaired) electrons. The molecule has 0 bridgehead atoms. The second kappa shape index (κ2) is 10.5. The van der Waals surface area contributed by atoms with E-state index in [1.807, 2.05) is 37.3 Å². The molecule has 0 saturated carbocycles. The van der Waals surface area contributed by atoms with Gasteiger partial charge in [0.1, 0.15) is 12.2 Å². The van der Waals surface area contributed by atoms with Crippen molar-refractivity contribution < 1.29 is 14.3 Å². The number of aromatic nitrogens is 2. The number of hydrogen-bond donors (Lipinski definition) is 0. The first kappa shape index (κ1) is 19.8. The summed E-state index contributed by atoms with van der Waals surface area (Å²) in [5, 5.41) is 0. The lowest BCUT2D eigenvalue weighted by Gasteiger charge is -2.14. The van der Waals surface area contributed by atoms with E-state index < -0.39 is 5.97 Å². The maximum Gasteiger partial charge on any atom is 0.326 e. The summed E-state index contributed by atoms with van der Waals surface area (Å²) in [5.74, 6) is -0.430. The van der Waals surface area contributed by atoms with E-state index in [1.54, 1.807) is 13.1 Å². The number of nitrogens with zero attached hydrogens (tertiary/aromatic N) is 2. The summed E-state index contributed by atoms with van der Waals surface area (Å²) in [7, 11) is 0. The smallest absolute Gasteiger partial charge is 0.326 e. The molecule has 1 aromatic heterocycles. The second-order valence-corrected chi connectivity index (χ2v) is 5.81. The highest BCUT2D eigenvalue weighted by Gasteiger charge is 2.15. The normalized spacial score (nSPS) is 10.7. The number of ether oxygens (including phenoxy) is 2. The summed E-state index contributed by atoms with van der Waals surface area (Å²) in [6.07, 6.45) is 3.90. The van der Waals surface area contributed by atoms with Gasteiger partial charge in [0.15, 0.2) is 0 Å². The van der Waals surface area contributed by atoms with Crippen LogP contribution >= 0.6 is 0 Å². The lowest BCUT2D eigenvalue weighted by atomic mass is 10.1. The van der Waals surface area contributed by atoms with Crippen molar-refractivity contribution in [3.05, 3.63) is 52.6 Å². The van der Waals surface area contributed by atoms with E-state index in [1.165, 1.54) is 4.57 Å². The van der Waals surface area contributed by atoms with Gasteiger partial charge in [0.25, 0.3) is 5.56 Å². The van der Waals surface area contributed by atoms with Crippen molar-refractivity contribution >= 4 is 5.97 Å². The summed E-state index contributed by atoms with van der Waals surface area (Å²) in [5.41, 5.74) is 1.67.